The minimum atomic E-state index is -2.08. The summed E-state index contributed by atoms with van der Waals surface area (Å²) in [5, 5.41) is 0.00167. The highest BCUT2D eigenvalue weighted by Gasteiger charge is 2.39. The van der Waals surface area contributed by atoms with Crippen LogP contribution in [0.3, 0.4) is 0 Å². The fourth-order valence-corrected chi connectivity index (χ4v) is 4.35. The molecule has 0 bridgehead atoms. The van der Waals surface area contributed by atoms with Crippen LogP contribution in [0.5, 0.6) is 0 Å². The summed E-state index contributed by atoms with van der Waals surface area (Å²) in [6, 6.07) is 0. The fourth-order valence-electron chi connectivity index (χ4n) is 2.32. The Morgan fingerprint density at radius 1 is 0.722 bits per heavy atom. The molecule has 0 aliphatic rings. The lowest BCUT2D eigenvalue weighted by atomic mass is 10.2. The van der Waals surface area contributed by atoms with Gasteiger partial charge >= 0.3 is 11.9 Å². The minimum absolute atomic E-state index is 0.000836. The molecule has 0 rings (SSSR count). The second kappa shape index (κ2) is 14.8. The Morgan fingerprint density at radius 2 is 1.03 bits per heavy atom. The molecule has 0 saturated carbocycles. The molecule has 2 atom stereocenters. The van der Waals surface area contributed by atoms with Crippen LogP contribution < -0.4 is 0 Å². The first kappa shape index (κ1) is 34.2. The number of hydrogen-bond acceptors (Lipinski definition) is 6. The number of rotatable bonds is 14. The summed E-state index contributed by atoms with van der Waals surface area (Å²) < 4.78 is 23.9. The third-order valence-corrected chi connectivity index (χ3v) is 15.9. The van der Waals surface area contributed by atoms with Crippen LogP contribution in [0.1, 0.15) is 67.2 Å². The number of ether oxygens (including phenoxy) is 2. The Bertz CT molecular complexity index is 751. The Balaban J connectivity index is 5.74. The molecular weight excluding hydrogens is 488 g/mol. The normalized spacial score (nSPS) is 14.6. The monoisotopic (exact) mass is 536 g/mol. The van der Waals surface area contributed by atoms with E-state index < -0.39 is 40.8 Å². The second-order valence-corrected chi connectivity index (χ2v) is 21.6. The van der Waals surface area contributed by atoms with Crippen LogP contribution in [-0.2, 0) is 27.9 Å². The van der Waals surface area contributed by atoms with Gasteiger partial charge in [0.05, 0.1) is 26.1 Å². The zero-order valence-electron chi connectivity index (χ0n) is 24.2. The van der Waals surface area contributed by atoms with Crippen molar-refractivity contribution >= 4 is 28.6 Å². The first-order chi connectivity index (χ1) is 16.4. The fraction of sp³-hybridized carbons (Fsp3) is 0.714. The Morgan fingerprint density at radius 3 is 1.28 bits per heavy atom. The van der Waals surface area contributed by atoms with E-state index in [2.05, 4.69) is 79.6 Å². The van der Waals surface area contributed by atoms with E-state index in [1.54, 1.807) is 12.2 Å². The number of carbonyl (C=O) groups is 2. The molecular formula is C28H48O6Si2. The van der Waals surface area contributed by atoms with Gasteiger partial charge < -0.3 is 18.3 Å². The maximum atomic E-state index is 12.3. The van der Waals surface area contributed by atoms with E-state index in [-0.39, 0.29) is 36.1 Å². The van der Waals surface area contributed by atoms with Crippen molar-refractivity contribution in [3.05, 3.63) is 12.2 Å². The molecule has 6 nitrogen and oxygen atoms in total. The zero-order chi connectivity index (χ0) is 28.2. The average molecular weight is 537 g/mol. The van der Waals surface area contributed by atoms with E-state index >= 15 is 0 Å². The first-order valence-electron chi connectivity index (χ1n) is 12.6. The molecule has 204 valence electrons. The van der Waals surface area contributed by atoms with Gasteiger partial charge in [-0.3, -0.25) is 9.59 Å². The van der Waals surface area contributed by atoms with Crippen molar-refractivity contribution in [2.24, 2.45) is 0 Å². The van der Waals surface area contributed by atoms with Crippen molar-refractivity contribution in [1.82, 2.24) is 0 Å². The SMILES string of the molecule is C#CCCC(=O)O[C@@H](C=C[C@@H](CO[Si](C)(C)C(C)(C)C)OC(=O)CCC#C)CO[Si](C)(C)C(C)(C)C. The number of hydrogen-bond donors (Lipinski definition) is 0. The summed E-state index contributed by atoms with van der Waals surface area (Å²) in [4.78, 5) is 24.6. The summed E-state index contributed by atoms with van der Waals surface area (Å²) in [6.45, 7) is 21.8. The molecule has 0 N–H and O–H groups in total. The van der Waals surface area contributed by atoms with Crippen molar-refractivity contribution in [2.45, 2.75) is 116 Å². The Kier molecular flexibility index (Phi) is 14.0. The van der Waals surface area contributed by atoms with Gasteiger partial charge in [0.25, 0.3) is 0 Å². The van der Waals surface area contributed by atoms with Gasteiger partial charge in [-0.1, -0.05) is 41.5 Å². The third kappa shape index (κ3) is 12.9. The average Bonchev–Trinajstić information content (AvgIpc) is 2.74. The Labute approximate surface area is 222 Å². The molecule has 0 aromatic heterocycles. The van der Waals surface area contributed by atoms with Gasteiger partial charge in [0, 0.05) is 12.8 Å². The number of esters is 2. The molecule has 8 heteroatoms. The van der Waals surface area contributed by atoms with Gasteiger partial charge in [-0.15, -0.1) is 24.7 Å². The first-order valence-corrected chi connectivity index (χ1v) is 18.4. The molecule has 0 radical (unpaired) electrons. The van der Waals surface area contributed by atoms with E-state index in [1.807, 2.05) is 0 Å². The summed E-state index contributed by atoms with van der Waals surface area (Å²) in [5.41, 5.74) is 0. The summed E-state index contributed by atoms with van der Waals surface area (Å²) in [5.74, 6) is 4.10. The molecule has 0 unspecified atom stereocenters. The molecule has 0 amide bonds. The summed E-state index contributed by atoms with van der Waals surface area (Å²) in [7, 11) is -4.17. The third-order valence-electron chi connectivity index (χ3n) is 6.88. The number of carbonyl (C=O) groups excluding carboxylic acids is 2. The molecule has 0 aliphatic carbocycles. The molecule has 36 heavy (non-hydrogen) atoms. The highest BCUT2D eigenvalue weighted by atomic mass is 28.4. The van der Waals surface area contributed by atoms with E-state index in [0.29, 0.717) is 12.8 Å². The lowest BCUT2D eigenvalue weighted by molar-refractivity contribution is -0.149. The smallest absolute Gasteiger partial charge is 0.307 e. The van der Waals surface area contributed by atoms with E-state index in [1.165, 1.54) is 0 Å². The highest BCUT2D eigenvalue weighted by Crippen LogP contribution is 2.37. The molecule has 0 aromatic rings. The molecule has 0 saturated heterocycles. The predicted molar refractivity (Wildman–Crippen MR) is 151 cm³/mol. The van der Waals surface area contributed by atoms with Gasteiger partial charge in [0.1, 0.15) is 12.2 Å². The molecule has 0 aromatic carbocycles. The van der Waals surface area contributed by atoms with Gasteiger partial charge in [0.15, 0.2) is 16.6 Å². The second-order valence-electron chi connectivity index (χ2n) is 12.0. The van der Waals surface area contributed by atoms with E-state index in [9.17, 15) is 9.59 Å². The lowest BCUT2D eigenvalue weighted by Gasteiger charge is -2.37. The van der Waals surface area contributed by atoms with Crippen LogP contribution in [0.2, 0.25) is 36.3 Å². The van der Waals surface area contributed by atoms with E-state index in [4.69, 9.17) is 31.2 Å². The van der Waals surface area contributed by atoms with Gasteiger partial charge in [-0.25, -0.2) is 0 Å². The van der Waals surface area contributed by atoms with Gasteiger partial charge in [-0.05, 0) is 48.4 Å². The maximum Gasteiger partial charge on any atom is 0.307 e. The number of terminal acetylenes is 2. The van der Waals surface area contributed by atoms with Crippen molar-refractivity contribution < 1.29 is 27.9 Å². The van der Waals surface area contributed by atoms with E-state index in [0.717, 1.165) is 0 Å². The van der Waals surface area contributed by atoms with Crippen LogP contribution in [0.15, 0.2) is 12.2 Å². The maximum absolute atomic E-state index is 12.3. The Hall–Kier alpha value is -1.85. The van der Waals surface area contributed by atoms with Crippen molar-refractivity contribution in [3.8, 4) is 24.7 Å². The summed E-state index contributed by atoms with van der Waals surface area (Å²) in [6.07, 6.45) is 13.6. The van der Waals surface area contributed by atoms with Gasteiger partial charge in [-0.2, -0.15) is 0 Å². The van der Waals surface area contributed by atoms with Gasteiger partial charge in [0.2, 0.25) is 0 Å². The molecule has 0 spiro atoms. The predicted octanol–water partition coefficient (Wildman–Crippen LogP) is 6.24. The van der Waals surface area contributed by atoms with Crippen LogP contribution in [0.25, 0.3) is 0 Å². The standard InChI is InChI=1S/C28H48O6Si2/c1-13-15-17-25(29)33-23(21-31-35(9,10)27(3,4)5)19-20-24(34-26(30)18-16-14-2)22-32-36(11,12)28(6,7)8/h1-2,19-20,23-24H,15-18,21-22H2,3-12H3/t23-,24-/m0/s1. The van der Waals surface area contributed by atoms with Crippen molar-refractivity contribution in [2.75, 3.05) is 13.2 Å². The largest absolute Gasteiger partial charge is 0.456 e. The molecule has 0 fully saturated rings. The zero-order valence-corrected chi connectivity index (χ0v) is 26.2. The van der Waals surface area contributed by atoms with Crippen molar-refractivity contribution in [3.63, 3.8) is 0 Å². The lowest BCUT2D eigenvalue weighted by Crippen LogP contribution is -2.43. The minimum Gasteiger partial charge on any atom is -0.456 e. The van der Waals surface area contributed by atoms with Crippen LogP contribution in [-0.4, -0.2) is 54.0 Å². The van der Waals surface area contributed by atoms with Crippen LogP contribution in [0, 0.1) is 24.7 Å². The highest BCUT2D eigenvalue weighted by molar-refractivity contribution is 6.74. The molecule has 0 aliphatic heterocycles. The molecule has 0 heterocycles. The topological polar surface area (TPSA) is 71.1 Å². The quantitative estimate of drug-likeness (QED) is 0.113. The summed E-state index contributed by atoms with van der Waals surface area (Å²) >= 11 is 0. The van der Waals surface area contributed by atoms with Crippen LogP contribution in [0.4, 0.5) is 0 Å². The van der Waals surface area contributed by atoms with Crippen LogP contribution >= 0.6 is 0 Å². The van der Waals surface area contributed by atoms with Crippen molar-refractivity contribution in [1.29, 1.82) is 0 Å².